The lowest BCUT2D eigenvalue weighted by molar-refractivity contribution is -0.135. The lowest BCUT2D eigenvalue weighted by atomic mass is 10.1. The summed E-state index contributed by atoms with van der Waals surface area (Å²) < 4.78 is 0. The summed E-state index contributed by atoms with van der Waals surface area (Å²) in [4.78, 5) is 25.7. The second-order valence-corrected chi connectivity index (χ2v) is 5.16. The van der Waals surface area contributed by atoms with Crippen molar-refractivity contribution in [3.8, 4) is 0 Å². The van der Waals surface area contributed by atoms with Gasteiger partial charge in [-0.15, -0.1) is 23.7 Å². The zero-order chi connectivity index (χ0) is 12.4. The largest absolute Gasteiger partial charge is 0.370 e. The van der Waals surface area contributed by atoms with Gasteiger partial charge in [-0.05, 0) is 23.4 Å². The Morgan fingerprint density at radius 2 is 2.22 bits per heavy atom. The number of amides is 2. The molecule has 0 bridgehead atoms. The van der Waals surface area contributed by atoms with Gasteiger partial charge in [-0.3, -0.25) is 9.59 Å². The highest BCUT2D eigenvalue weighted by Gasteiger charge is 2.26. The van der Waals surface area contributed by atoms with E-state index in [0.717, 1.165) is 6.42 Å². The van der Waals surface area contributed by atoms with E-state index in [0.29, 0.717) is 13.1 Å². The Morgan fingerprint density at radius 1 is 1.50 bits per heavy atom. The molecule has 1 aromatic rings. The molecule has 5 nitrogen and oxygen atoms in total. The molecule has 7 heteroatoms. The van der Waals surface area contributed by atoms with E-state index in [2.05, 4.69) is 0 Å². The maximum absolute atomic E-state index is 12.0. The number of fused-ring (bicyclic) bond motifs is 1. The van der Waals surface area contributed by atoms with Gasteiger partial charge in [0, 0.05) is 18.0 Å². The fourth-order valence-corrected chi connectivity index (χ4v) is 2.86. The molecule has 1 aromatic heterocycles. The quantitative estimate of drug-likeness (QED) is 0.836. The Balaban J connectivity index is 0.00000162. The fraction of sp³-hybridized carbons (Fsp3) is 0.455. The van der Waals surface area contributed by atoms with E-state index >= 15 is 0 Å². The number of rotatable bonds is 3. The molecule has 0 saturated carbocycles. The molecule has 0 saturated heterocycles. The summed E-state index contributed by atoms with van der Waals surface area (Å²) in [5, 5.41) is 2.03. The lowest BCUT2D eigenvalue weighted by Gasteiger charge is -2.29. The van der Waals surface area contributed by atoms with Gasteiger partial charge >= 0.3 is 0 Å². The van der Waals surface area contributed by atoms with Crippen LogP contribution in [0.3, 0.4) is 0 Å². The molecular weight excluding hydrogens is 274 g/mol. The van der Waals surface area contributed by atoms with E-state index in [1.165, 1.54) is 10.4 Å². The van der Waals surface area contributed by atoms with Crippen molar-refractivity contribution in [1.82, 2.24) is 4.90 Å². The van der Waals surface area contributed by atoms with Gasteiger partial charge in [0.1, 0.15) is 0 Å². The lowest BCUT2D eigenvalue weighted by Crippen LogP contribution is -2.47. The van der Waals surface area contributed by atoms with Gasteiger partial charge in [0.25, 0.3) is 0 Å². The molecular formula is C11H16ClN3O2S. The van der Waals surface area contributed by atoms with Crippen molar-refractivity contribution in [2.45, 2.75) is 25.4 Å². The molecule has 0 spiro atoms. The van der Waals surface area contributed by atoms with Crippen molar-refractivity contribution >= 4 is 35.6 Å². The Bertz CT molecular complexity index is 449. The van der Waals surface area contributed by atoms with Crippen LogP contribution in [0.1, 0.15) is 16.9 Å². The van der Waals surface area contributed by atoms with Gasteiger partial charge in [0.15, 0.2) is 0 Å². The minimum Gasteiger partial charge on any atom is -0.370 e. The van der Waals surface area contributed by atoms with Crippen molar-refractivity contribution in [1.29, 1.82) is 0 Å². The van der Waals surface area contributed by atoms with E-state index in [4.69, 9.17) is 11.5 Å². The number of nitrogens with zero attached hydrogens (tertiary/aromatic N) is 1. The summed E-state index contributed by atoms with van der Waals surface area (Å²) in [6, 6.07) is 1.21. The highest BCUT2D eigenvalue weighted by Crippen LogP contribution is 2.24. The molecule has 2 amide bonds. The van der Waals surface area contributed by atoms with Gasteiger partial charge in [-0.1, -0.05) is 0 Å². The van der Waals surface area contributed by atoms with Crippen LogP contribution < -0.4 is 11.5 Å². The minimum absolute atomic E-state index is 0. The molecule has 0 fully saturated rings. The summed E-state index contributed by atoms with van der Waals surface area (Å²) in [5.74, 6) is -0.736. The topological polar surface area (TPSA) is 89.4 Å². The maximum atomic E-state index is 12.0. The predicted octanol–water partition coefficient (Wildman–Crippen LogP) is 0.257. The Hall–Kier alpha value is -1.11. The van der Waals surface area contributed by atoms with Crippen molar-refractivity contribution in [3.63, 3.8) is 0 Å². The van der Waals surface area contributed by atoms with E-state index in [9.17, 15) is 9.59 Å². The molecule has 0 radical (unpaired) electrons. The molecule has 1 atom stereocenters. The van der Waals surface area contributed by atoms with Gasteiger partial charge in [0.2, 0.25) is 11.8 Å². The molecule has 4 N–H and O–H groups in total. The summed E-state index contributed by atoms with van der Waals surface area (Å²) in [6.45, 7) is 1.25. The maximum Gasteiger partial charge on any atom is 0.240 e. The number of hydrogen-bond donors (Lipinski definition) is 2. The smallest absolute Gasteiger partial charge is 0.240 e. The van der Waals surface area contributed by atoms with E-state index in [-0.39, 0.29) is 24.7 Å². The molecule has 1 aliphatic heterocycles. The molecule has 0 aromatic carbocycles. The van der Waals surface area contributed by atoms with Crippen LogP contribution in [-0.2, 0) is 22.6 Å². The molecule has 100 valence electrons. The summed E-state index contributed by atoms with van der Waals surface area (Å²) in [6.07, 6.45) is 0.772. The van der Waals surface area contributed by atoms with Crippen molar-refractivity contribution in [2.75, 3.05) is 6.54 Å². The number of halogens is 1. The Kier molecular flexibility index (Phi) is 5.13. The molecule has 2 heterocycles. The number of carbonyl (C=O) groups excluding carboxylic acids is 2. The zero-order valence-corrected chi connectivity index (χ0v) is 11.4. The molecule has 18 heavy (non-hydrogen) atoms. The summed E-state index contributed by atoms with van der Waals surface area (Å²) in [7, 11) is 0. The molecule has 2 rings (SSSR count). The first-order valence-corrected chi connectivity index (χ1v) is 6.34. The first-order chi connectivity index (χ1) is 8.08. The first-order valence-electron chi connectivity index (χ1n) is 5.46. The number of primary amides is 1. The average Bonchev–Trinajstić information content (AvgIpc) is 2.73. The number of carbonyl (C=O) groups is 2. The van der Waals surface area contributed by atoms with Crippen molar-refractivity contribution in [2.24, 2.45) is 11.5 Å². The van der Waals surface area contributed by atoms with Crippen LogP contribution in [0.4, 0.5) is 0 Å². The van der Waals surface area contributed by atoms with Crippen LogP contribution in [0.5, 0.6) is 0 Å². The summed E-state index contributed by atoms with van der Waals surface area (Å²) in [5.41, 5.74) is 11.9. The second-order valence-electron chi connectivity index (χ2n) is 4.16. The monoisotopic (exact) mass is 289 g/mol. The number of nitrogens with two attached hydrogens (primary N) is 2. The molecule has 1 aliphatic rings. The van der Waals surface area contributed by atoms with Crippen LogP contribution in [0, 0.1) is 0 Å². The number of thiophene rings is 1. The minimum atomic E-state index is -0.812. The fourth-order valence-electron chi connectivity index (χ4n) is 1.98. The average molecular weight is 290 g/mol. The van der Waals surface area contributed by atoms with Crippen LogP contribution >= 0.6 is 23.7 Å². The van der Waals surface area contributed by atoms with Gasteiger partial charge in [-0.2, -0.15) is 0 Å². The van der Waals surface area contributed by atoms with Crippen molar-refractivity contribution < 1.29 is 9.59 Å². The third-order valence-corrected chi connectivity index (χ3v) is 3.88. The highest BCUT2D eigenvalue weighted by atomic mass is 35.5. The van der Waals surface area contributed by atoms with Crippen LogP contribution in [0.15, 0.2) is 11.4 Å². The van der Waals surface area contributed by atoms with E-state index in [1.54, 1.807) is 16.2 Å². The van der Waals surface area contributed by atoms with Gasteiger partial charge in [0.05, 0.1) is 12.5 Å². The standard InChI is InChI=1S/C11H15N3O2S.ClH/c12-8(5-10(13)15)11(16)14-3-1-9-7(6-14)2-4-17-9;/h2,4,8H,1,3,5-6,12H2,(H2,13,15);1H. The van der Waals surface area contributed by atoms with Crippen molar-refractivity contribution in [3.05, 3.63) is 21.9 Å². The van der Waals surface area contributed by atoms with Crippen LogP contribution in [0.25, 0.3) is 0 Å². The van der Waals surface area contributed by atoms with E-state index < -0.39 is 11.9 Å². The predicted molar refractivity (Wildman–Crippen MR) is 72.5 cm³/mol. The molecule has 0 aliphatic carbocycles. The van der Waals surface area contributed by atoms with Crippen LogP contribution in [0.2, 0.25) is 0 Å². The third kappa shape index (κ3) is 3.22. The second kappa shape index (κ2) is 6.17. The van der Waals surface area contributed by atoms with Gasteiger partial charge in [-0.25, -0.2) is 0 Å². The number of hydrogen-bond acceptors (Lipinski definition) is 4. The zero-order valence-electron chi connectivity index (χ0n) is 9.80. The van der Waals surface area contributed by atoms with Crippen LogP contribution in [-0.4, -0.2) is 29.3 Å². The van der Waals surface area contributed by atoms with E-state index in [1.807, 2.05) is 11.4 Å². The third-order valence-electron chi connectivity index (χ3n) is 2.86. The summed E-state index contributed by atoms with van der Waals surface area (Å²) >= 11 is 1.71. The SMILES string of the molecule is Cl.NC(=O)CC(N)C(=O)N1CCc2sccc2C1. The first kappa shape index (κ1) is 14.9. The Labute approximate surface area is 116 Å². The van der Waals surface area contributed by atoms with Gasteiger partial charge < -0.3 is 16.4 Å². The molecule has 1 unspecified atom stereocenters. The Morgan fingerprint density at radius 3 is 2.89 bits per heavy atom. The normalized spacial score (nSPS) is 15.5. The highest BCUT2D eigenvalue weighted by molar-refractivity contribution is 7.10.